The first-order valence-corrected chi connectivity index (χ1v) is 4.76. The number of aromatic nitrogens is 3. The van der Waals surface area contributed by atoms with Gasteiger partial charge in [0.15, 0.2) is 0 Å². The van der Waals surface area contributed by atoms with Crippen molar-refractivity contribution >= 4 is 29.1 Å². The van der Waals surface area contributed by atoms with Gasteiger partial charge in [-0.15, -0.1) is 0 Å². The average molecular weight is 238 g/mol. The predicted molar refractivity (Wildman–Crippen MR) is 60.2 cm³/mol. The van der Waals surface area contributed by atoms with Gasteiger partial charge in [0, 0.05) is 5.69 Å². The number of H-pyrrole nitrogens is 1. The van der Waals surface area contributed by atoms with Gasteiger partial charge in [-0.1, -0.05) is 11.6 Å². The van der Waals surface area contributed by atoms with Crippen LogP contribution in [-0.4, -0.2) is 21.1 Å². The molecule has 2 aromatic rings. The van der Waals surface area contributed by atoms with E-state index in [1.165, 1.54) is 12.4 Å². The molecule has 2 rings (SSSR count). The quantitative estimate of drug-likeness (QED) is 0.686. The summed E-state index contributed by atoms with van der Waals surface area (Å²) in [7, 11) is 0. The number of carbonyl (C=O) groups excluding carboxylic acids is 1. The van der Waals surface area contributed by atoms with Gasteiger partial charge in [0.05, 0.1) is 10.6 Å². The summed E-state index contributed by atoms with van der Waals surface area (Å²) in [5.41, 5.74) is 6.35. The molecule has 16 heavy (non-hydrogen) atoms. The van der Waals surface area contributed by atoms with Crippen molar-refractivity contribution in [1.82, 2.24) is 15.2 Å². The molecule has 0 aliphatic heterocycles. The van der Waals surface area contributed by atoms with E-state index in [0.717, 1.165) is 0 Å². The van der Waals surface area contributed by atoms with Gasteiger partial charge in [-0.2, -0.15) is 10.1 Å². The third-order valence-corrected chi connectivity index (χ3v) is 2.20. The van der Waals surface area contributed by atoms with E-state index in [1.54, 1.807) is 12.1 Å². The number of aromatic amines is 1. The Balaban J connectivity index is 2.21. The lowest BCUT2D eigenvalue weighted by atomic mass is 10.2. The molecule has 1 amide bonds. The highest BCUT2D eigenvalue weighted by Crippen LogP contribution is 2.19. The number of nitrogen functional groups attached to an aromatic ring is 1. The van der Waals surface area contributed by atoms with Crippen molar-refractivity contribution < 1.29 is 4.79 Å². The van der Waals surface area contributed by atoms with E-state index < -0.39 is 0 Å². The molecule has 0 radical (unpaired) electrons. The number of nitrogens with zero attached hydrogens (tertiary/aromatic N) is 2. The maximum absolute atomic E-state index is 11.7. The maximum atomic E-state index is 11.7. The number of nitrogens with two attached hydrogens (primary N) is 1. The summed E-state index contributed by atoms with van der Waals surface area (Å²) < 4.78 is 0. The van der Waals surface area contributed by atoms with Gasteiger partial charge in [0.25, 0.3) is 5.91 Å². The van der Waals surface area contributed by atoms with Crippen LogP contribution in [0.4, 0.5) is 11.6 Å². The van der Waals surface area contributed by atoms with Crippen molar-refractivity contribution in [3.8, 4) is 0 Å². The molecule has 0 bridgehead atoms. The van der Waals surface area contributed by atoms with Gasteiger partial charge in [0.2, 0.25) is 5.95 Å². The molecule has 6 nitrogen and oxygen atoms in total. The lowest BCUT2D eigenvalue weighted by Crippen LogP contribution is -2.13. The summed E-state index contributed by atoms with van der Waals surface area (Å²) in [6.07, 6.45) is 1.29. The monoisotopic (exact) mass is 237 g/mol. The summed E-state index contributed by atoms with van der Waals surface area (Å²) in [5, 5.41) is 8.90. The summed E-state index contributed by atoms with van der Waals surface area (Å²) in [6.45, 7) is 0. The van der Waals surface area contributed by atoms with Crippen molar-refractivity contribution in [2.24, 2.45) is 0 Å². The SMILES string of the molecule is Nc1ccc(C(=O)Nc2ncn[nH]2)c(Cl)c1. The molecule has 0 saturated heterocycles. The standard InChI is InChI=1S/C9H8ClN5O/c10-7-3-5(11)1-2-6(7)8(16)14-9-12-4-13-15-9/h1-4H,11H2,(H2,12,13,14,15,16). The Morgan fingerprint density at radius 2 is 2.31 bits per heavy atom. The normalized spacial score (nSPS) is 10.1. The predicted octanol–water partition coefficient (Wildman–Crippen LogP) is 1.29. The number of hydrogen-bond donors (Lipinski definition) is 3. The van der Waals surface area contributed by atoms with Gasteiger partial charge in [-0.3, -0.25) is 10.1 Å². The highest BCUT2D eigenvalue weighted by molar-refractivity contribution is 6.34. The molecule has 1 aromatic heterocycles. The second-order valence-electron chi connectivity index (χ2n) is 3.03. The average Bonchev–Trinajstić information content (AvgIpc) is 2.70. The summed E-state index contributed by atoms with van der Waals surface area (Å²) >= 11 is 5.88. The van der Waals surface area contributed by atoms with Gasteiger partial charge in [-0.25, -0.2) is 5.10 Å². The Morgan fingerprint density at radius 1 is 1.50 bits per heavy atom. The van der Waals surface area contributed by atoms with Crippen LogP contribution in [0, 0.1) is 0 Å². The number of carbonyl (C=O) groups is 1. The number of nitrogens with one attached hydrogen (secondary N) is 2. The fourth-order valence-electron chi connectivity index (χ4n) is 1.16. The third kappa shape index (κ3) is 2.12. The van der Waals surface area contributed by atoms with Gasteiger partial charge in [-0.05, 0) is 18.2 Å². The molecule has 0 aliphatic rings. The zero-order valence-corrected chi connectivity index (χ0v) is 8.82. The Kier molecular flexibility index (Phi) is 2.74. The van der Waals surface area contributed by atoms with Crippen LogP contribution >= 0.6 is 11.6 Å². The largest absolute Gasteiger partial charge is 0.399 e. The molecule has 1 aromatic carbocycles. The zero-order chi connectivity index (χ0) is 11.5. The van der Waals surface area contributed by atoms with Gasteiger partial charge >= 0.3 is 0 Å². The molecular formula is C9H8ClN5O. The van der Waals surface area contributed by atoms with Crippen LogP contribution in [0.2, 0.25) is 5.02 Å². The molecule has 1 heterocycles. The molecule has 0 spiro atoms. The molecule has 4 N–H and O–H groups in total. The number of amides is 1. The van der Waals surface area contributed by atoms with Crippen molar-refractivity contribution in [1.29, 1.82) is 0 Å². The van der Waals surface area contributed by atoms with Gasteiger partial charge in [0.1, 0.15) is 6.33 Å². The fourth-order valence-corrected chi connectivity index (χ4v) is 1.43. The maximum Gasteiger partial charge on any atom is 0.259 e. The lowest BCUT2D eigenvalue weighted by Gasteiger charge is -2.04. The molecular weight excluding hydrogens is 230 g/mol. The Morgan fingerprint density at radius 3 is 2.94 bits per heavy atom. The molecule has 0 atom stereocenters. The molecule has 7 heteroatoms. The topological polar surface area (TPSA) is 96.7 Å². The molecule has 82 valence electrons. The van der Waals surface area contributed by atoms with Gasteiger partial charge < -0.3 is 5.73 Å². The van der Waals surface area contributed by atoms with Crippen LogP contribution in [-0.2, 0) is 0 Å². The third-order valence-electron chi connectivity index (χ3n) is 1.88. The van der Waals surface area contributed by atoms with E-state index in [2.05, 4.69) is 20.5 Å². The molecule has 0 fully saturated rings. The summed E-state index contributed by atoms with van der Waals surface area (Å²) in [4.78, 5) is 15.5. The van der Waals surface area contributed by atoms with E-state index in [9.17, 15) is 4.79 Å². The van der Waals surface area contributed by atoms with Crippen LogP contribution < -0.4 is 11.1 Å². The Labute approximate surface area is 95.8 Å². The zero-order valence-electron chi connectivity index (χ0n) is 8.07. The lowest BCUT2D eigenvalue weighted by molar-refractivity contribution is 0.102. The van der Waals surface area contributed by atoms with Crippen molar-refractivity contribution in [2.45, 2.75) is 0 Å². The minimum absolute atomic E-state index is 0.262. The van der Waals surface area contributed by atoms with Crippen LogP contribution in [0.1, 0.15) is 10.4 Å². The van der Waals surface area contributed by atoms with E-state index in [4.69, 9.17) is 17.3 Å². The highest BCUT2D eigenvalue weighted by Gasteiger charge is 2.11. The Hall–Kier alpha value is -2.08. The van der Waals surface area contributed by atoms with Crippen LogP contribution in [0.5, 0.6) is 0 Å². The molecule has 0 aliphatic carbocycles. The minimum Gasteiger partial charge on any atom is -0.399 e. The number of anilines is 2. The van der Waals surface area contributed by atoms with Crippen molar-refractivity contribution in [3.05, 3.63) is 35.1 Å². The van der Waals surface area contributed by atoms with Crippen LogP contribution in [0.25, 0.3) is 0 Å². The molecule has 0 unspecified atom stereocenters. The first kappa shape index (κ1) is 10.4. The van der Waals surface area contributed by atoms with Crippen LogP contribution in [0.3, 0.4) is 0 Å². The van der Waals surface area contributed by atoms with E-state index in [1.807, 2.05) is 0 Å². The number of hydrogen-bond acceptors (Lipinski definition) is 4. The summed E-state index contributed by atoms with van der Waals surface area (Å²) in [6, 6.07) is 4.65. The number of rotatable bonds is 2. The van der Waals surface area contributed by atoms with E-state index >= 15 is 0 Å². The fraction of sp³-hybridized carbons (Fsp3) is 0. The second kappa shape index (κ2) is 4.19. The van der Waals surface area contributed by atoms with E-state index in [0.29, 0.717) is 11.3 Å². The van der Waals surface area contributed by atoms with Crippen molar-refractivity contribution in [2.75, 3.05) is 11.1 Å². The van der Waals surface area contributed by atoms with E-state index in [-0.39, 0.29) is 16.9 Å². The highest BCUT2D eigenvalue weighted by atomic mass is 35.5. The minimum atomic E-state index is -0.373. The van der Waals surface area contributed by atoms with Crippen LogP contribution in [0.15, 0.2) is 24.5 Å². The number of halogens is 1. The second-order valence-corrected chi connectivity index (χ2v) is 3.43. The smallest absolute Gasteiger partial charge is 0.259 e. The summed E-state index contributed by atoms with van der Waals surface area (Å²) in [5.74, 6) is -0.111. The Bertz CT molecular complexity index is 511. The number of benzene rings is 1. The molecule has 0 saturated carbocycles. The van der Waals surface area contributed by atoms with Crippen molar-refractivity contribution in [3.63, 3.8) is 0 Å². The first-order valence-electron chi connectivity index (χ1n) is 4.38. The first-order chi connectivity index (χ1) is 7.66.